The maximum atomic E-state index is 11.2. The summed E-state index contributed by atoms with van der Waals surface area (Å²) in [5, 5.41) is 7.08. The summed E-state index contributed by atoms with van der Waals surface area (Å²) in [6.07, 6.45) is 2.42. The highest BCUT2D eigenvalue weighted by molar-refractivity contribution is 7.09. The van der Waals surface area contributed by atoms with Crippen LogP contribution in [-0.4, -0.2) is 32.8 Å². The molecule has 0 aliphatic carbocycles. The molecule has 0 fully saturated rings. The van der Waals surface area contributed by atoms with E-state index in [1.54, 1.807) is 16.0 Å². The highest BCUT2D eigenvalue weighted by Crippen LogP contribution is 2.11. The number of aromatic nitrogens is 4. The lowest BCUT2D eigenvalue weighted by Crippen LogP contribution is -2.06. The third-order valence-electron chi connectivity index (χ3n) is 2.13. The summed E-state index contributed by atoms with van der Waals surface area (Å²) < 4.78 is 6.10. The number of ether oxygens (including phenoxy) is 1. The van der Waals surface area contributed by atoms with Crippen LogP contribution in [0.2, 0.25) is 0 Å². The van der Waals surface area contributed by atoms with Crippen LogP contribution < -0.4 is 0 Å². The topological polar surface area (TPSA) is 69.9 Å². The molecule has 6 nitrogen and oxygen atoms in total. The monoisotopic (exact) mass is 252 g/mol. The van der Waals surface area contributed by atoms with E-state index >= 15 is 0 Å². The number of carbonyl (C=O) groups is 1. The fourth-order valence-corrected chi connectivity index (χ4v) is 2.04. The van der Waals surface area contributed by atoms with Crippen LogP contribution in [-0.2, 0) is 17.7 Å². The molecule has 0 atom stereocenters. The fourth-order valence-electron chi connectivity index (χ4n) is 1.31. The van der Waals surface area contributed by atoms with Crippen LogP contribution in [0.15, 0.2) is 11.7 Å². The van der Waals surface area contributed by atoms with Crippen molar-refractivity contribution in [3.8, 4) is 0 Å². The van der Waals surface area contributed by atoms with E-state index in [2.05, 4.69) is 26.7 Å². The van der Waals surface area contributed by atoms with Crippen molar-refractivity contribution in [2.45, 2.75) is 19.9 Å². The Morgan fingerprint density at radius 2 is 2.41 bits per heavy atom. The van der Waals surface area contributed by atoms with Crippen LogP contribution in [0.5, 0.6) is 0 Å². The van der Waals surface area contributed by atoms with E-state index in [1.807, 2.05) is 5.38 Å². The number of nitrogens with zero attached hydrogens (tertiary/aromatic N) is 4. The molecule has 17 heavy (non-hydrogen) atoms. The lowest BCUT2D eigenvalue weighted by Gasteiger charge is -1.95. The first-order chi connectivity index (χ1) is 8.22. The van der Waals surface area contributed by atoms with Gasteiger partial charge in [-0.2, -0.15) is 0 Å². The highest BCUT2D eigenvalue weighted by Gasteiger charge is 2.11. The lowest BCUT2D eigenvalue weighted by atomic mass is 10.5. The van der Waals surface area contributed by atoms with E-state index < -0.39 is 5.97 Å². The van der Waals surface area contributed by atoms with Crippen LogP contribution in [0, 0.1) is 0 Å². The minimum Gasteiger partial charge on any atom is -0.463 e. The minimum atomic E-state index is -0.531. The number of rotatable bonds is 4. The number of thiazole rings is 1. The van der Waals surface area contributed by atoms with Crippen molar-refractivity contribution in [1.29, 1.82) is 0 Å². The first-order valence-electron chi connectivity index (χ1n) is 5.14. The summed E-state index contributed by atoms with van der Waals surface area (Å²) in [7, 11) is 1.30. The van der Waals surface area contributed by atoms with Crippen molar-refractivity contribution in [1.82, 2.24) is 19.7 Å². The van der Waals surface area contributed by atoms with E-state index in [0.29, 0.717) is 6.54 Å². The molecular formula is C10H12N4O2S. The molecule has 0 amide bonds. The third kappa shape index (κ3) is 2.68. The van der Waals surface area contributed by atoms with E-state index in [9.17, 15) is 4.79 Å². The van der Waals surface area contributed by atoms with Crippen molar-refractivity contribution in [3.05, 3.63) is 28.2 Å². The van der Waals surface area contributed by atoms with Gasteiger partial charge in [0.1, 0.15) is 6.33 Å². The van der Waals surface area contributed by atoms with E-state index in [0.717, 1.165) is 17.1 Å². The lowest BCUT2D eigenvalue weighted by molar-refractivity contribution is 0.0586. The van der Waals surface area contributed by atoms with Crippen molar-refractivity contribution in [2.75, 3.05) is 7.11 Å². The molecule has 0 aliphatic heterocycles. The van der Waals surface area contributed by atoms with Gasteiger partial charge in [0.15, 0.2) is 0 Å². The van der Waals surface area contributed by atoms with E-state index in [-0.39, 0.29) is 5.82 Å². The normalized spacial score (nSPS) is 10.5. The number of aryl methyl sites for hydroxylation is 1. The molecule has 0 saturated heterocycles. The molecule has 0 saturated carbocycles. The van der Waals surface area contributed by atoms with E-state index in [1.165, 1.54) is 13.4 Å². The highest BCUT2D eigenvalue weighted by atomic mass is 32.1. The second-order valence-corrected chi connectivity index (χ2v) is 4.29. The second-order valence-electron chi connectivity index (χ2n) is 3.34. The van der Waals surface area contributed by atoms with Crippen LogP contribution in [0.4, 0.5) is 0 Å². The second kappa shape index (κ2) is 5.05. The Morgan fingerprint density at radius 1 is 1.59 bits per heavy atom. The van der Waals surface area contributed by atoms with Crippen molar-refractivity contribution in [2.24, 2.45) is 0 Å². The molecule has 7 heteroatoms. The maximum Gasteiger partial charge on any atom is 0.377 e. The van der Waals surface area contributed by atoms with Gasteiger partial charge in [-0.3, -0.25) is 0 Å². The van der Waals surface area contributed by atoms with Crippen LogP contribution in [0.3, 0.4) is 0 Å². The zero-order chi connectivity index (χ0) is 12.3. The number of carbonyl (C=O) groups excluding carboxylic acids is 1. The number of methoxy groups -OCH3 is 1. The first kappa shape index (κ1) is 11.7. The zero-order valence-electron chi connectivity index (χ0n) is 9.58. The summed E-state index contributed by atoms with van der Waals surface area (Å²) in [6.45, 7) is 2.58. The van der Waals surface area contributed by atoms with Gasteiger partial charge in [0, 0.05) is 5.38 Å². The molecule has 0 unspecified atom stereocenters. The number of hydrogen-bond acceptors (Lipinski definition) is 6. The van der Waals surface area contributed by atoms with Gasteiger partial charge >= 0.3 is 5.97 Å². The summed E-state index contributed by atoms with van der Waals surface area (Å²) in [5.74, 6) is -0.463. The Kier molecular flexibility index (Phi) is 3.48. The molecular weight excluding hydrogens is 240 g/mol. The fraction of sp³-hybridized carbons (Fsp3) is 0.400. The summed E-state index contributed by atoms with van der Waals surface area (Å²) in [4.78, 5) is 19.4. The van der Waals surface area contributed by atoms with Crippen LogP contribution >= 0.6 is 11.3 Å². The molecule has 0 spiro atoms. The van der Waals surface area contributed by atoms with Crippen LogP contribution in [0.25, 0.3) is 0 Å². The number of esters is 1. The van der Waals surface area contributed by atoms with Crippen molar-refractivity contribution >= 4 is 17.3 Å². The van der Waals surface area contributed by atoms with Gasteiger partial charge in [0.25, 0.3) is 5.82 Å². The SMILES string of the molecule is CCc1nc(Cn2cnc(C(=O)OC)n2)cs1. The largest absolute Gasteiger partial charge is 0.463 e. The third-order valence-corrected chi connectivity index (χ3v) is 3.17. The molecule has 0 N–H and O–H groups in total. The van der Waals surface area contributed by atoms with Gasteiger partial charge in [-0.1, -0.05) is 6.92 Å². The predicted molar refractivity (Wildman–Crippen MR) is 62.0 cm³/mol. The maximum absolute atomic E-state index is 11.2. The molecule has 90 valence electrons. The number of hydrogen-bond donors (Lipinski definition) is 0. The molecule has 0 aliphatic rings. The molecule has 2 aromatic heterocycles. The molecule has 2 aromatic rings. The van der Waals surface area contributed by atoms with Crippen LogP contribution in [0.1, 0.15) is 28.2 Å². The van der Waals surface area contributed by atoms with Gasteiger partial charge in [-0.15, -0.1) is 16.4 Å². The van der Waals surface area contributed by atoms with Gasteiger partial charge in [0.05, 0.1) is 24.4 Å². The quantitative estimate of drug-likeness (QED) is 0.763. The molecule has 0 bridgehead atoms. The Labute approximate surface area is 102 Å². The standard InChI is InChI=1S/C10H12N4O2S/c1-3-8-12-7(5-17-8)4-14-6-11-9(13-14)10(15)16-2/h5-6H,3-4H2,1-2H3. The first-order valence-corrected chi connectivity index (χ1v) is 6.02. The van der Waals surface area contributed by atoms with Gasteiger partial charge < -0.3 is 4.74 Å². The molecule has 2 heterocycles. The van der Waals surface area contributed by atoms with Gasteiger partial charge in [-0.25, -0.2) is 19.4 Å². The smallest absolute Gasteiger partial charge is 0.377 e. The summed E-state index contributed by atoms with van der Waals surface area (Å²) in [6, 6.07) is 0. The predicted octanol–water partition coefficient (Wildman–Crippen LogP) is 1.13. The molecule has 0 aromatic carbocycles. The minimum absolute atomic E-state index is 0.0680. The Balaban J connectivity index is 2.08. The summed E-state index contributed by atoms with van der Waals surface area (Å²) >= 11 is 1.62. The van der Waals surface area contributed by atoms with Crippen molar-refractivity contribution in [3.63, 3.8) is 0 Å². The summed E-state index contributed by atoms with van der Waals surface area (Å²) in [5.41, 5.74) is 0.924. The zero-order valence-corrected chi connectivity index (χ0v) is 10.4. The Morgan fingerprint density at radius 3 is 3.06 bits per heavy atom. The average Bonchev–Trinajstić information content (AvgIpc) is 2.97. The Bertz CT molecular complexity index is 520. The Hall–Kier alpha value is -1.76. The molecule has 2 rings (SSSR count). The van der Waals surface area contributed by atoms with E-state index in [4.69, 9.17) is 0 Å². The van der Waals surface area contributed by atoms with Gasteiger partial charge in [0.2, 0.25) is 0 Å². The molecule has 0 radical (unpaired) electrons. The van der Waals surface area contributed by atoms with Gasteiger partial charge in [-0.05, 0) is 6.42 Å². The average molecular weight is 252 g/mol. The van der Waals surface area contributed by atoms with Crippen molar-refractivity contribution < 1.29 is 9.53 Å².